The molecule has 4 heterocycles. The lowest BCUT2D eigenvalue weighted by Crippen LogP contribution is -2.24. The van der Waals surface area contributed by atoms with Gasteiger partial charge in [-0.25, -0.2) is 18.4 Å². The van der Waals surface area contributed by atoms with Crippen molar-refractivity contribution in [2.24, 2.45) is 0 Å². The Hall–Kier alpha value is -3.89. The van der Waals surface area contributed by atoms with Crippen LogP contribution in [-0.2, 0) is 27.7 Å². The Labute approximate surface area is 214 Å². The van der Waals surface area contributed by atoms with Gasteiger partial charge >= 0.3 is 0 Å². The number of nitrogens with one attached hydrogen (secondary N) is 1. The number of aryl methyl sites for hydroxylation is 1. The number of pyridine rings is 3. The number of hydrogen-bond acceptors (Lipinski definition) is 8. The van der Waals surface area contributed by atoms with Gasteiger partial charge in [0.05, 0.1) is 59.5 Å². The van der Waals surface area contributed by atoms with Crippen molar-refractivity contribution in [3.63, 3.8) is 0 Å². The van der Waals surface area contributed by atoms with Gasteiger partial charge in [0.15, 0.2) is 9.84 Å². The van der Waals surface area contributed by atoms with Crippen LogP contribution in [-0.4, -0.2) is 48.2 Å². The highest BCUT2D eigenvalue weighted by molar-refractivity contribution is 7.92. The predicted octanol–water partition coefficient (Wildman–Crippen LogP) is 3.63. The second-order valence-electron chi connectivity index (χ2n) is 8.95. The zero-order valence-electron chi connectivity index (χ0n) is 20.7. The third-order valence-corrected chi connectivity index (χ3v) is 8.49. The molecule has 0 spiro atoms. The smallest absolute Gasteiger partial charge is 0.251 e. The number of benzene rings is 1. The summed E-state index contributed by atoms with van der Waals surface area (Å²) in [6, 6.07) is 14.1. The van der Waals surface area contributed by atoms with Gasteiger partial charge in [0.25, 0.3) is 5.91 Å². The highest BCUT2D eigenvalue weighted by Crippen LogP contribution is 2.29. The van der Waals surface area contributed by atoms with Crippen LogP contribution in [0.15, 0.2) is 59.6 Å². The number of aromatic nitrogens is 3. The summed E-state index contributed by atoms with van der Waals surface area (Å²) >= 11 is 0. The molecule has 190 valence electrons. The normalized spacial score (nSPS) is 16.6. The zero-order valence-corrected chi connectivity index (χ0v) is 21.5. The van der Waals surface area contributed by atoms with E-state index in [4.69, 9.17) is 14.5 Å². The van der Waals surface area contributed by atoms with Gasteiger partial charge in [-0.05, 0) is 61.9 Å². The summed E-state index contributed by atoms with van der Waals surface area (Å²) in [4.78, 5) is 26.6. The minimum absolute atomic E-state index is 0.120. The molecule has 3 aromatic heterocycles. The van der Waals surface area contributed by atoms with Crippen molar-refractivity contribution in [2.45, 2.75) is 37.1 Å². The number of methoxy groups -OCH3 is 1. The second kappa shape index (κ2) is 9.87. The fourth-order valence-corrected chi connectivity index (χ4v) is 5.67. The van der Waals surface area contributed by atoms with Crippen LogP contribution in [0.25, 0.3) is 22.2 Å². The van der Waals surface area contributed by atoms with Gasteiger partial charge < -0.3 is 14.8 Å². The van der Waals surface area contributed by atoms with E-state index in [-0.39, 0.29) is 30.2 Å². The SMILES string of the molecule is COc1nc(C)ccc1-c1ccc2cnc(CNC(=O)c3ccc4c(c3)S(=O)(=O)[C@@H](C)COC4)cc2n1. The molecule has 0 radical (unpaired) electrons. The fourth-order valence-electron chi connectivity index (χ4n) is 4.18. The average Bonchev–Trinajstić information content (AvgIpc) is 3.01. The first kappa shape index (κ1) is 24.8. The van der Waals surface area contributed by atoms with E-state index in [0.29, 0.717) is 28.3 Å². The molecule has 9 nitrogen and oxygen atoms in total. The fraction of sp³-hybridized carbons (Fsp3) is 0.259. The molecule has 4 aromatic rings. The number of sulfone groups is 1. The summed E-state index contributed by atoms with van der Waals surface area (Å²) in [6.45, 7) is 3.97. The van der Waals surface area contributed by atoms with Crippen LogP contribution in [0.5, 0.6) is 5.88 Å². The second-order valence-corrected chi connectivity index (χ2v) is 11.3. The van der Waals surface area contributed by atoms with Crippen molar-refractivity contribution in [1.29, 1.82) is 0 Å². The quantitative estimate of drug-likeness (QED) is 0.425. The Morgan fingerprint density at radius 1 is 1.14 bits per heavy atom. The molecule has 10 heteroatoms. The number of nitrogens with zero attached hydrogens (tertiary/aromatic N) is 3. The molecule has 0 aliphatic carbocycles. The standard InChI is InChI=1S/C27H26N4O5S/c1-16-4-8-22(27(30-16)35-3)23-9-7-19-12-28-21(11-24(19)31-23)13-29-26(32)18-5-6-20-15-36-14-17(2)37(33,34)25(20)10-18/h4-12,17H,13-15H2,1-3H3,(H,29,32)/t17-/m0/s1. The molecule has 0 fully saturated rings. The minimum Gasteiger partial charge on any atom is -0.480 e. The summed E-state index contributed by atoms with van der Waals surface area (Å²) < 4.78 is 36.6. The Balaban J connectivity index is 1.37. The third-order valence-electron chi connectivity index (χ3n) is 6.30. The molecule has 1 N–H and O–H groups in total. The minimum atomic E-state index is -3.58. The lowest BCUT2D eigenvalue weighted by Gasteiger charge is -2.12. The first-order valence-electron chi connectivity index (χ1n) is 11.8. The Kier molecular flexibility index (Phi) is 6.61. The van der Waals surface area contributed by atoms with E-state index in [1.165, 1.54) is 6.07 Å². The molecule has 0 unspecified atom stereocenters. The Morgan fingerprint density at radius 3 is 2.78 bits per heavy atom. The van der Waals surface area contributed by atoms with Gasteiger partial charge in [-0.15, -0.1) is 0 Å². The number of carbonyl (C=O) groups excluding carboxylic acids is 1. The van der Waals surface area contributed by atoms with Crippen LogP contribution < -0.4 is 10.1 Å². The van der Waals surface area contributed by atoms with Crippen LogP contribution >= 0.6 is 0 Å². The Morgan fingerprint density at radius 2 is 1.97 bits per heavy atom. The zero-order chi connectivity index (χ0) is 26.2. The maximum atomic E-state index is 12.9. The summed E-state index contributed by atoms with van der Waals surface area (Å²) in [5.41, 5.74) is 4.48. The monoisotopic (exact) mass is 518 g/mol. The van der Waals surface area contributed by atoms with Crippen molar-refractivity contribution in [1.82, 2.24) is 20.3 Å². The van der Waals surface area contributed by atoms with Crippen molar-refractivity contribution >= 4 is 26.6 Å². The average molecular weight is 519 g/mol. The highest BCUT2D eigenvalue weighted by atomic mass is 32.2. The maximum Gasteiger partial charge on any atom is 0.251 e. The Bertz CT molecular complexity index is 1620. The number of ether oxygens (including phenoxy) is 2. The summed E-state index contributed by atoms with van der Waals surface area (Å²) in [6.07, 6.45) is 1.70. The molecule has 37 heavy (non-hydrogen) atoms. The number of hydrogen-bond donors (Lipinski definition) is 1. The largest absolute Gasteiger partial charge is 0.480 e. The van der Waals surface area contributed by atoms with Gasteiger partial charge in [-0.3, -0.25) is 9.78 Å². The van der Waals surface area contributed by atoms with Crippen molar-refractivity contribution in [3.05, 3.63) is 77.2 Å². The maximum absolute atomic E-state index is 12.9. The molecular weight excluding hydrogens is 492 g/mol. The lowest BCUT2D eigenvalue weighted by atomic mass is 10.1. The highest BCUT2D eigenvalue weighted by Gasteiger charge is 2.30. The van der Waals surface area contributed by atoms with Gasteiger partial charge in [0.1, 0.15) is 0 Å². The van der Waals surface area contributed by atoms with Gasteiger partial charge in [-0.1, -0.05) is 6.07 Å². The molecule has 1 aromatic carbocycles. The summed E-state index contributed by atoms with van der Waals surface area (Å²) in [5, 5.41) is 3.00. The predicted molar refractivity (Wildman–Crippen MR) is 138 cm³/mol. The van der Waals surface area contributed by atoms with E-state index in [9.17, 15) is 13.2 Å². The number of amides is 1. The van der Waals surface area contributed by atoms with Crippen molar-refractivity contribution in [3.8, 4) is 17.1 Å². The molecular formula is C27H26N4O5S. The molecule has 5 rings (SSSR count). The molecule has 1 aliphatic rings. The van der Waals surface area contributed by atoms with E-state index in [1.807, 2.05) is 37.3 Å². The number of carbonyl (C=O) groups is 1. The topological polar surface area (TPSA) is 120 Å². The van der Waals surface area contributed by atoms with Crippen LogP contribution in [0, 0.1) is 6.92 Å². The first-order valence-corrected chi connectivity index (χ1v) is 13.3. The van der Waals surface area contributed by atoms with E-state index in [2.05, 4.69) is 15.3 Å². The van der Waals surface area contributed by atoms with E-state index in [1.54, 1.807) is 32.4 Å². The molecule has 1 amide bonds. The molecule has 1 aliphatic heterocycles. The first-order chi connectivity index (χ1) is 17.8. The number of rotatable bonds is 5. The summed E-state index contributed by atoms with van der Waals surface area (Å²) in [5.74, 6) is 0.104. The van der Waals surface area contributed by atoms with Crippen LogP contribution in [0.1, 0.15) is 34.2 Å². The third kappa shape index (κ3) is 4.90. The van der Waals surface area contributed by atoms with Gasteiger partial charge in [0.2, 0.25) is 5.88 Å². The molecule has 0 saturated carbocycles. The lowest BCUT2D eigenvalue weighted by molar-refractivity contribution is 0.0950. The van der Waals surface area contributed by atoms with E-state index in [0.717, 1.165) is 16.6 Å². The van der Waals surface area contributed by atoms with Crippen molar-refractivity contribution < 1.29 is 22.7 Å². The van der Waals surface area contributed by atoms with Crippen LogP contribution in [0.4, 0.5) is 0 Å². The van der Waals surface area contributed by atoms with E-state index >= 15 is 0 Å². The van der Waals surface area contributed by atoms with Gasteiger partial charge in [-0.2, -0.15) is 0 Å². The van der Waals surface area contributed by atoms with Crippen LogP contribution in [0.3, 0.4) is 0 Å². The molecule has 0 saturated heterocycles. The van der Waals surface area contributed by atoms with Crippen LogP contribution in [0.2, 0.25) is 0 Å². The molecule has 0 bridgehead atoms. The number of fused-ring (bicyclic) bond motifs is 2. The summed E-state index contributed by atoms with van der Waals surface area (Å²) in [7, 11) is -2.00. The van der Waals surface area contributed by atoms with Crippen molar-refractivity contribution in [2.75, 3.05) is 13.7 Å². The molecule has 1 atom stereocenters. The van der Waals surface area contributed by atoms with E-state index < -0.39 is 21.0 Å². The van der Waals surface area contributed by atoms with Gasteiger partial charge in [0, 0.05) is 22.8 Å².